The highest BCUT2D eigenvalue weighted by Crippen LogP contribution is 2.34. The molecule has 0 fully saturated rings. The van der Waals surface area contributed by atoms with Crippen molar-refractivity contribution in [2.75, 3.05) is 44.2 Å². The number of hydrogen-bond acceptors (Lipinski definition) is 3. The Morgan fingerprint density at radius 2 is 0.889 bits per heavy atom. The zero-order valence-electron chi connectivity index (χ0n) is 16.8. The van der Waals surface area contributed by atoms with E-state index in [9.17, 15) is 0 Å². The van der Waals surface area contributed by atoms with Gasteiger partial charge in [-0.25, -0.2) is 0 Å². The molecular weight excluding hydrogens is 348 g/mol. The quantitative estimate of drug-likeness (QED) is 0.401. The van der Waals surface area contributed by atoms with Gasteiger partial charge < -0.3 is 9.80 Å². The summed E-state index contributed by atoms with van der Waals surface area (Å²) in [5, 5.41) is 0. The molecule has 0 aromatic heterocycles. The molecule has 27 heavy (non-hydrogen) atoms. The first-order valence-corrected chi connectivity index (χ1v) is 10.4. The maximum Gasteiger partial charge on any atom is 0.0361 e. The van der Waals surface area contributed by atoms with Gasteiger partial charge in [-0.1, -0.05) is 36.4 Å². The fourth-order valence-electron chi connectivity index (χ4n) is 3.30. The van der Waals surface area contributed by atoms with Crippen LogP contribution in [0.3, 0.4) is 0 Å². The summed E-state index contributed by atoms with van der Waals surface area (Å²) in [5.74, 6) is 0.230. The molecule has 0 bridgehead atoms. The largest absolute Gasteiger partial charge is 0.378 e. The third kappa shape index (κ3) is 4.48. The van der Waals surface area contributed by atoms with Crippen LogP contribution >= 0.6 is 11.8 Å². The Balaban J connectivity index is 2.04. The molecule has 3 aromatic rings. The zero-order chi connectivity index (χ0) is 19.4. The van der Waals surface area contributed by atoms with Crippen LogP contribution in [0.4, 0.5) is 11.4 Å². The first-order valence-electron chi connectivity index (χ1n) is 9.18. The third-order valence-corrected chi connectivity index (χ3v) is 5.68. The van der Waals surface area contributed by atoms with Crippen LogP contribution in [0.15, 0.2) is 77.7 Å². The Kier molecular flexibility index (Phi) is 6.12. The van der Waals surface area contributed by atoms with Crippen molar-refractivity contribution in [2.45, 2.75) is 10.8 Å². The number of thioether (sulfide) groups is 1. The standard InChI is InChI=1S/C24H28N2S/c1-25(2)21-12-6-18(7-13-21)24(20-10-16-23(27-5)17-11-20)19-8-14-22(15-9-19)26(3)4/h6-17,24H,1-5H3. The molecule has 0 spiro atoms. The van der Waals surface area contributed by atoms with E-state index >= 15 is 0 Å². The number of hydrogen-bond donors (Lipinski definition) is 0. The molecule has 0 aliphatic carbocycles. The van der Waals surface area contributed by atoms with Gasteiger partial charge >= 0.3 is 0 Å². The molecule has 2 nitrogen and oxygen atoms in total. The highest BCUT2D eigenvalue weighted by Gasteiger charge is 2.17. The smallest absolute Gasteiger partial charge is 0.0361 e. The van der Waals surface area contributed by atoms with E-state index in [4.69, 9.17) is 0 Å². The summed E-state index contributed by atoms with van der Waals surface area (Å²) in [7, 11) is 8.31. The lowest BCUT2D eigenvalue weighted by Crippen LogP contribution is -2.10. The fourth-order valence-corrected chi connectivity index (χ4v) is 3.71. The molecule has 0 heterocycles. The molecule has 0 N–H and O–H groups in total. The zero-order valence-corrected chi connectivity index (χ0v) is 17.6. The summed E-state index contributed by atoms with van der Waals surface area (Å²) in [5.41, 5.74) is 6.39. The molecule has 3 rings (SSSR count). The Bertz CT molecular complexity index is 799. The van der Waals surface area contributed by atoms with Crippen LogP contribution in [0.25, 0.3) is 0 Å². The summed E-state index contributed by atoms with van der Waals surface area (Å²) in [4.78, 5) is 5.57. The molecule has 0 aliphatic rings. The van der Waals surface area contributed by atoms with Gasteiger partial charge in [0.25, 0.3) is 0 Å². The first-order chi connectivity index (χ1) is 13.0. The van der Waals surface area contributed by atoms with Crippen molar-refractivity contribution in [3.8, 4) is 0 Å². The lowest BCUT2D eigenvalue weighted by molar-refractivity contribution is 0.970. The van der Waals surface area contributed by atoms with Gasteiger partial charge in [-0.15, -0.1) is 11.8 Å². The van der Waals surface area contributed by atoms with Crippen LogP contribution in [0, 0.1) is 0 Å². The van der Waals surface area contributed by atoms with Crippen LogP contribution in [-0.2, 0) is 0 Å². The highest BCUT2D eigenvalue weighted by atomic mass is 32.2. The summed E-state index contributed by atoms with van der Waals surface area (Å²) < 4.78 is 0. The van der Waals surface area contributed by atoms with E-state index in [1.165, 1.54) is 33.0 Å². The predicted molar refractivity (Wildman–Crippen MR) is 121 cm³/mol. The number of anilines is 2. The number of rotatable bonds is 6. The molecular formula is C24H28N2S. The molecule has 140 valence electrons. The topological polar surface area (TPSA) is 6.48 Å². The predicted octanol–water partition coefficient (Wildman–Crippen LogP) is 5.72. The molecule has 0 aliphatic heterocycles. The molecule has 3 aromatic carbocycles. The summed E-state index contributed by atoms with van der Waals surface area (Å²) >= 11 is 1.78. The molecule has 0 saturated heterocycles. The van der Waals surface area contributed by atoms with E-state index in [2.05, 4.69) is 117 Å². The van der Waals surface area contributed by atoms with Crippen LogP contribution in [0.2, 0.25) is 0 Å². The second kappa shape index (κ2) is 8.53. The van der Waals surface area contributed by atoms with E-state index in [-0.39, 0.29) is 5.92 Å². The van der Waals surface area contributed by atoms with Crippen LogP contribution in [-0.4, -0.2) is 34.4 Å². The lowest BCUT2D eigenvalue weighted by Gasteiger charge is -2.22. The van der Waals surface area contributed by atoms with E-state index in [0.29, 0.717) is 0 Å². The molecule has 0 radical (unpaired) electrons. The average Bonchev–Trinajstić information content (AvgIpc) is 2.69. The maximum absolute atomic E-state index is 2.26. The van der Waals surface area contributed by atoms with Crippen LogP contribution in [0.1, 0.15) is 22.6 Å². The van der Waals surface area contributed by atoms with Crippen LogP contribution < -0.4 is 9.80 Å². The van der Waals surface area contributed by atoms with Gasteiger partial charge in [-0.05, 0) is 59.3 Å². The number of benzene rings is 3. The van der Waals surface area contributed by atoms with Gasteiger partial charge in [-0.3, -0.25) is 0 Å². The van der Waals surface area contributed by atoms with Crippen molar-refractivity contribution in [1.29, 1.82) is 0 Å². The lowest BCUT2D eigenvalue weighted by atomic mass is 9.85. The van der Waals surface area contributed by atoms with E-state index < -0.39 is 0 Å². The average molecular weight is 377 g/mol. The molecule has 0 unspecified atom stereocenters. The normalized spacial score (nSPS) is 10.9. The van der Waals surface area contributed by atoms with Gasteiger partial charge in [0.2, 0.25) is 0 Å². The Labute approximate surface area is 167 Å². The van der Waals surface area contributed by atoms with Gasteiger partial charge in [0.15, 0.2) is 0 Å². The van der Waals surface area contributed by atoms with Gasteiger partial charge in [0.05, 0.1) is 0 Å². The van der Waals surface area contributed by atoms with Crippen molar-refractivity contribution < 1.29 is 0 Å². The Morgan fingerprint density at radius 1 is 0.556 bits per heavy atom. The molecule has 0 saturated carbocycles. The van der Waals surface area contributed by atoms with E-state index in [1.807, 2.05) is 0 Å². The number of nitrogens with zero attached hydrogens (tertiary/aromatic N) is 2. The molecule has 0 amide bonds. The van der Waals surface area contributed by atoms with Crippen molar-refractivity contribution in [3.05, 3.63) is 89.5 Å². The van der Waals surface area contributed by atoms with Crippen LogP contribution in [0.5, 0.6) is 0 Å². The van der Waals surface area contributed by atoms with Crippen molar-refractivity contribution in [1.82, 2.24) is 0 Å². The van der Waals surface area contributed by atoms with Gasteiger partial charge in [-0.2, -0.15) is 0 Å². The minimum absolute atomic E-state index is 0.230. The van der Waals surface area contributed by atoms with Gasteiger partial charge in [0.1, 0.15) is 0 Å². The van der Waals surface area contributed by atoms with E-state index in [0.717, 1.165) is 0 Å². The van der Waals surface area contributed by atoms with Crippen molar-refractivity contribution >= 4 is 23.1 Å². The monoisotopic (exact) mass is 376 g/mol. The minimum Gasteiger partial charge on any atom is -0.378 e. The van der Waals surface area contributed by atoms with Crippen molar-refractivity contribution in [3.63, 3.8) is 0 Å². The maximum atomic E-state index is 2.26. The summed E-state index contributed by atoms with van der Waals surface area (Å²) in [6.45, 7) is 0. The van der Waals surface area contributed by atoms with E-state index in [1.54, 1.807) is 11.8 Å². The van der Waals surface area contributed by atoms with Crippen molar-refractivity contribution in [2.24, 2.45) is 0 Å². The summed E-state index contributed by atoms with van der Waals surface area (Å²) in [6.07, 6.45) is 2.12. The first kappa shape index (κ1) is 19.4. The third-order valence-electron chi connectivity index (χ3n) is 4.93. The Hall–Kier alpha value is -2.39. The minimum atomic E-state index is 0.230. The molecule has 0 atom stereocenters. The highest BCUT2D eigenvalue weighted by molar-refractivity contribution is 7.98. The Morgan fingerprint density at radius 3 is 1.19 bits per heavy atom. The molecule has 3 heteroatoms. The second-order valence-corrected chi connectivity index (χ2v) is 8.06. The SMILES string of the molecule is CSc1ccc(C(c2ccc(N(C)C)cc2)c2ccc(N(C)C)cc2)cc1. The second-order valence-electron chi connectivity index (χ2n) is 7.18. The van der Waals surface area contributed by atoms with Gasteiger partial charge in [0, 0.05) is 50.4 Å². The fraction of sp³-hybridized carbons (Fsp3) is 0.250. The summed E-state index contributed by atoms with van der Waals surface area (Å²) in [6, 6.07) is 26.8.